The van der Waals surface area contributed by atoms with Crippen LogP contribution in [0.25, 0.3) is 12.3 Å². The van der Waals surface area contributed by atoms with Gasteiger partial charge in [-0.15, -0.1) is 15.5 Å². The van der Waals surface area contributed by atoms with Gasteiger partial charge in [-0.2, -0.15) is 0 Å². The second-order valence-corrected chi connectivity index (χ2v) is 15.8. The number of rotatable bonds is 9. The number of carbonyl (C=O) groups is 2. The van der Waals surface area contributed by atoms with Gasteiger partial charge in [-0.3, -0.25) is 9.59 Å². The maximum absolute atomic E-state index is 13.8. The Labute approximate surface area is 248 Å². The maximum Gasteiger partial charge on any atom is 0.264 e. The third kappa shape index (κ3) is 7.96. The van der Waals surface area contributed by atoms with Crippen LogP contribution in [0.1, 0.15) is 78.7 Å². The van der Waals surface area contributed by atoms with Crippen molar-refractivity contribution in [3.8, 4) is 0 Å². The summed E-state index contributed by atoms with van der Waals surface area (Å²) < 4.78 is 82.5. The molecular weight excluding hydrogens is 590 g/mol. The van der Waals surface area contributed by atoms with E-state index in [1.165, 1.54) is 6.92 Å². The molecule has 4 rings (SSSR count). The van der Waals surface area contributed by atoms with Gasteiger partial charge >= 0.3 is 0 Å². The third-order valence-electron chi connectivity index (χ3n) is 8.71. The number of ketones is 1. The van der Waals surface area contributed by atoms with E-state index in [1.54, 1.807) is 13.0 Å². The van der Waals surface area contributed by atoms with Crippen molar-refractivity contribution in [2.75, 3.05) is 19.3 Å². The number of carbonyl (C=O) groups excluding carboxylic acids is 2. The summed E-state index contributed by atoms with van der Waals surface area (Å²) in [6.45, 7) is 5.17. The molecule has 0 saturated heterocycles. The van der Waals surface area contributed by atoms with Gasteiger partial charge in [-0.1, -0.05) is 37.6 Å². The molecule has 0 radical (unpaired) electrons. The molecule has 0 spiro atoms. The maximum atomic E-state index is 13.8. The lowest BCUT2D eigenvalue weighted by Crippen LogP contribution is -2.39. The topological polar surface area (TPSA) is 49.4 Å². The molecule has 0 aromatic heterocycles. The SMILES string of the molecule is CCC(F)(F)CNC(=O)c1ccc2c(c1C)=CN(CC1CCCC(C(=O)c3ccc(S(C)(F)(F)(F)F)cc3)C1)C(C)CC=2. The van der Waals surface area contributed by atoms with Crippen molar-refractivity contribution < 1.29 is 33.9 Å². The summed E-state index contributed by atoms with van der Waals surface area (Å²) in [6.07, 6.45) is 7.05. The number of amides is 1. The Bertz CT molecular complexity index is 1510. The number of benzene rings is 2. The van der Waals surface area contributed by atoms with Gasteiger partial charge in [0.25, 0.3) is 11.8 Å². The number of alkyl halides is 2. The Morgan fingerprint density at radius 3 is 2.35 bits per heavy atom. The zero-order valence-electron chi connectivity index (χ0n) is 24.9. The van der Waals surface area contributed by atoms with Crippen LogP contribution in [0.5, 0.6) is 0 Å². The van der Waals surface area contributed by atoms with Gasteiger partial charge in [0.05, 0.1) is 17.7 Å². The monoisotopic (exact) mass is 630 g/mol. The van der Waals surface area contributed by atoms with Crippen LogP contribution in [0.3, 0.4) is 0 Å². The first-order chi connectivity index (χ1) is 19.8. The highest BCUT2D eigenvalue weighted by molar-refractivity contribution is 8.49. The number of nitrogens with one attached hydrogen (secondary N) is 1. The van der Waals surface area contributed by atoms with Crippen molar-refractivity contribution in [1.82, 2.24) is 10.2 Å². The number of hydrogen-bond donors (Lipinski definition) is 1. The van der Waals surface area contributed by atoms with Crippen molar-refractivity contribution in [3.05, 3.63) is 63.5 Å². The van der Waals surface area contributed by atoms with Crippen LogP contribution in [0.2, 0.25) is 0 Å². The molecule has 1 fully saturated rings. The predicted molar refractivity (Wildman–Crippen MR) is 160 cm³/mol. The quantitative estimate of drug-likeness (QED) is 0.231. The van der Waals surface area contributed by atoms with E-state index in [9.17, 15) is 33.9 Å². The fourth-order valence-corrected chi connectivity index (χ4v) is 6.74. The Balaban J connectivity index is 1.51. The van der Waals surface area contributed by atoms with Crippen LogP contribution in [0.4, 0.5) is 24.3 Å². The minimum absolute atomic E-state index is 0.122. The minimum atomic E-state index is -8.32. The van der Waals surface area contributed by atoms with Gasteiger partial charge in [0, 0.05) is 47.5 Å². The Hall–Kier alpha value is -2.95. The molecule has 1 aliphatic carbocycles. The molecule has 43 heavy (non-hydrogen) atoms. The molecule has 2 aliphatic rings. The molecule has 0 bridgehead atoms. The molecule has 238 valence electrons. The molecule has 2 aromatic rings. The molecule has 1 aliphatic heterocycles. The first-order valence-electron chi connectivity index (χ1n) is 14.6. The molecule has 1 saturated carbocycles. The summed E-state index contributed by atoms with van der Waals surface area (Å²) in [4.78, 5) is 26.9. The zero-order valence-corrected chi connectivity index (χ0v) is 25.8. The smallest absolute Gasteiger partial charge is 0.264 e. The summed E-state index contributed by atoms with van der Waals surface area (Å²) in [5, 5.41) is 4.14. The van der Waals surface area contributed by atoms with Crippen molar-refractivity contribution in [2.24, 2.45) is 11.8 Å². The number of Topliss-reactive ketones (excluding diaryl/α,β-unsaturated/α-hetero) is 1. The molecular formula is C32H40F6N2O2S. The largest absolute Gasteiger partial charge is 0.374 e. The highest BCUT2D eigenvalue weighted by atomic mass is 32.5. The molecule has 4 nitrogen and oxygen atoms in total. The normalized spacial score (nSPS) is 22.7. The molecule has 11 heteroatoms. The standard InChI is InChI=1S/C32H40F6N2O2S/c1-5-32(33,34)20-39-31(42)28-16-13-24-10-9-21(2)40(19-29(24)22(28)3)18-23-7-6-8-26(17-23)30(41)25-11-14-27(15-12-25)43(4,35,36,37)38/h10-16,19,21,23,26H,5-9,17-18,20H2,1-4H3,(H,39,42). The van der Waals surface area contributed by atoms with E-state index in [2.05, 4.69) is 23.2 Å². The molecule has 1 amide bonds. The van der Waals surface area contributed by atoms with E-state index in [-0.39, 0.29) is 41.9 Å². The van der Waals surface area contributed by atoms with Crippen LogP contribution in [-0.2, 0) is 0 Å². The van der Waals surface area contributed by atoms with Gasteiger partial charge in [0.15, 0.2) is 15.6 Å². The molecule has 1 N–H and O–H groups in total. The van der Waals surface area contributed by atoms with E-state index in [0.717, 1.165) is 41.8 Å². The van der Waals surface area contributed by atoms with Gasteiger partial charge in [-0.25, -0.2) is 8.78 Å². The van der Waals surface area contributed by atoms with Crippen LogP contribution in [0, 0.1) is 18.8 Å². The molecule has 1 heterocycles. The zero-order chi connectivity index (χ0) is 31.9. The van der Waals surface area contributed by atoms with E-state index in [1.807, 2.05) is 12.3 Å². The average Bonchev–Trinajstić information content (AvgIpc) is 3.09. The summed E-state index contributed by atoms with van der Waals surface area (Å²) in [5.41, 5.74) is 1.17. The van der Waals surface area contributed by atoms with Crippen LogP contribution in [0.15, 0.2) is 41.3 Å². The number of halogens is 6. The van der Waals surface area contributed by atoms with E-state index in [4.69, 9.17) is 0 Å². The van der Waals surface area contributed by atoms with Crippen LogP contribution < -0.4 is 15.8 Å². The van der Waals surface area contributed by atoms with Crippen LogP contribution >= 0.6 is 9.84 Å². The van der Waals surface area contributed by atoms with E-state index >= 15 is 0 Å². The second-order valence-electron chi connectivity index (χ2n) is 12.3. The molecule has 2 aromatic carbocycles. The number of fused-ring (bicyclic) bond motifs is 1. The van der Waals surface area contributed by atoms with Gasteiger partial charge in [0.2, 0.25) is 0 Å². The highest BCUT2D eigenvalue weighted by Crippen LogP contribution is 2.98. The molecule has 3 atom stereocenters. The summed E-state index contributed by atoms with van der Waals surface area (Å²) in [6, 6.07) is 7.06. The minimum Gasteiger partial charge on any atom is -0.374 e. The Kier molecular flexibility index (Phi) is 8.58. The van der Waals surface area contributed by atoms with Gasteiger partial charge in [0.1, 0.15) is 0 Å². The first-order valence-corrected chi connectivity index (χ1v) is 17.1. The van der Waals surface area contributed by atoms with Crippen molar-refractivity contribution >= 4 is 33.8 Å². The average molecular weight is 631 g/mol. The molecule has 3 unspecified atom stereocenters. The third-order valence-corrected chi connectivity index (χ3v) is 10.2. The lowest BCUT2D eigenvalue weighted by Gasteiger charge is -2.46. The highest BCUT2D eigenvalue weighted by Gasteiger charge is 2.59. The van der Waals surface area contributed by atoms with Gasteiger partial charge < -0.3 is 10.2 Å². The van der Waals surface area contributed by atoms with Gasteiger partial charge in [-0.05, 0) is 74.4 Å². The fourth-order valence-electron chi connectivity index (χ4n) is 5.92. The second kappa shape index (κ2) is 11.2. The predicted octanol–water partition coefficient (Wildman–Crippen LogP) is 7.47. The van der Waals surface area contributed by atoms with Crippen molar-refractivity contribution in [2.45, 2.75) is 76.2 Å². The van der Waals surface area contributed by atoms with E-state index in [0.29, 0.717) is 42.6 Å². The number of nitrogens with zero attached hydrogens (tertiary/aromatic N) is 1. The Morgan fingerprint density at radius 1 is 1.05 bits per heavy atom. The van der Waals surface area contributed by atoms with Crippen molar-refractivity contribution in [3.63, 3.8) is 0 Å². The number of hydrogen-bond acceptors (Lipinski definition) is 3. The lowest BCUT2D eigenvalue weighted by atomic mass is 9.77. The summed E-state index contributed by atoms with van der Waals surface area (Å²) in [7, 11) is -8.32. The summed E-state index contributed by atoms with van der Waals surface area (Å²) >= 11 is 0. The lowest BCUT2D eigenvalue weighted by molar-refractivity contribution is -0.00103. The van der Waals surface area contributed by atoms with E-state index < -0.39 is 33.1 Å². The summed E-state index contributed by atoms with van der Waals surface area (Å²) in [5.74, 6) is -3.97. The van der Waals surface area contributed by atoms with Crippen LogP contribution in [-0.4, -0.2) is 47.9 Å². The van der Waals surface area contributed by atoms with Crippen molar-refractivity contribution in [1.29, 1.82) is 0 Å². The first kappa shape index (κ1) is 33.0. The fraction of sp³-hybridized carbons (Fsp3) is 0.500. The Morgan fingerprint density at radius 2 is 1.72 bits per heavy atom.